The molecule has 24 heavy (non-hydrogen) atoms. The fourth-order valence-electron chi connectivity index (χ4n) is 1.53. The van der Waals surface area contributed by atoms with Crippen LogP contribution in [0.5, 0.6) is 0 Å². The Bertz CT molecular complexity index is 457. The van der Waals surface area contributed by atoms with Crippen molar-refractivity contribution in [2.75, 3.05) is 19.6 Å². The third kappa shape index (κ3) is 9.81. The smallest absolute Gasteiger partial charge is 0.242 e. The van der Waals surface area contributed by atoms with Crippen LogP contribution in [0.4, 0.5) is 0 Å². The van der Waals surface area contributed by atoms with Crippen LogP contribution in [-0.4, -0.2) is 49.3 Å². The van der Waals surface area contributed by atoms with E-state index in [-0.39, 0.29) is 24.3 Å². The SMILES string of the molecule is CCC(=O)NCCCNC(=O)CNC(=O)C(C)NC(=O)C(C)(C)C. The molecule has 0 rings (SSSR count). The minimum atomic E-state index is -0.714. The number of carbonyl (C=O) groups excluding carboxylic acids is 4. The maximum atomic E-state index is 11.8. The topological polar surface area (TPSA) is 116 Å². The van der Waals surface area contributed by atoms with Gasteiger partial charge in [-0.3, -0.25) is 19.2 Å². The van der Waals surface area contributed by atoms with Crippen LogP contribution in [0.25, 0.3) is 0 Å². The summed E-state index contributed by atoms with van der Waals surface area (Å²) in [4.78, 5) is 46.2. The van der Waals surface area contributed by atoms with Gasteiger partial charge >= 0.3 is 0 Å². The fraction of sp³-hybridized carbons (Fsp3) is 0.750. The molecule has 0 aliphatic rings. The standard InChI is InChI=1S/C16H30N4O4/c1-6-12(21)17-8-7-9-18-13(22)10-19-14(23)11(2)20-15(24)16(3,4)5/h11H,6-10H2,1-5H3,(H,17,21)(H,18,22)(H,19,23)(H,20,24). The first kappa shape index (κ1) is 21.9. The van der Waals surface area contributed by atoms with Gasteiger partial charge in [-0.05, 0) is 13.3 Å². The van der Waals surface area contributed by atoms with Crippen LogP contribution in [0.1, 0.15) is 47.5 Å². The zero-order valence-electron chi connectivity index (χ0n) is 15.2. The highest BCUT2D eigenvalue weighted by molar-refractivity contribution is 5.91. The highest BCUT2D eigenvalue weighted by Crippen LogP contribution is 2.12. The summed E-state index contributed by atoms with van der Waals surface area (Å²) in [6, 6.07) is -0.714. The molecule has 0 aromatic rings. The largest absolute Gasteiger partial charge is 0.356 e. The summed E-state index contributed by atoms with van der Waals surface area (Å²) in [6.07, 6.45) is 1.05. The second-order valence-electron chi connectivity index (χ2n) is 6.57. The maximum absolute atomic E-state index is 11.8. The Kier molecular flexibility index (Phi) is 9.68. The van der Waals surface area contributed by atoms with E-state index in [9.17, 15) is 19.2 Å². The molecule has 4 N–H and O–H groups in total. The number of amides is 4. The molecular formula is C16H30N4O4. The van der Waals surface area contributed by atoms with Gasteiger partial charge in [-0.15, -0.1) is 0 Å². The molecule has 0 aromatic heterocycles. The first-order valence-electron chi connectivity index (χ1n) is 8.20. The summed E-state index contributed by atoms with van der Waals surface area (Å²) in [5.74, 6) is -0.999. The van der Waals surface area contributed by atoms with Gasteiger partial charge in [0.2, 0.25) is 23.6 Å². The quantitative estimate of drug-likeness (QED) is 0.430. The van der Waals surface area contributed by atoms with E-state index in [1.807, 2.05) is 0 Å². The lowest BCUT2D eigenvalue weighted by Crippen LogP contribution is -2.50. The van der Waals surface area contributed by atoms with Crippen molar-refractivity contribution >= 4 is 23.6 Å². The van der Waals surface area contributed by atoms with Gasteiger partial charge in [0, 0.05) is 24.9 Å². The van der Waals surface area contributed by atoms with Crippen LogP contribution in [0.2, 0.25) is 0 Å². The Morgan fingerprint density at radius 1 is 0.917 bits per heavy atom. The van der Waals surface area contributed by atoms with E-state index in [1.54, 1.807) is 34.6 Å². The first-order chi connectivity index (χ1) is 11.1. The molecule has 0 spiro atoms. The molecule has 0 fully saturated rings. The second-order valence-corrected chi connectivity index (χ2v) is 6.57. The number of rotatable bonds is 9. The van der Waals surface area contributed by atoms with Crippen LogP contribution in [-0.2, 0) is 19.2 Å². The summed E-state index contributed by atoms with van der Waals surface area (Å²) in [6.45, 7) is 9.34. The molecule has 8 heteroatoms. The molecule has 0 aromatic carbocycles. The van der Waals surface area contributed by atoms with Crippen molar-refractivity contribution in [3.05, 3.63) is 0 Å². The van der Waals surface area contributed by atoms with E-state index in [2.05, 4.69) is 21.3 Å². The molecule has 1 atom stereocenters. The van der Waals surface area contributed by atoms with Crippen molar-refractivity contribution in [3.8, 4) is 0 Å². The van der Waals surface area contributed by atoms with Gasteiger partial charge in [0.25, 0.3) is 0 Å². The van der Waals surface area contributed by atoms with E-state index in [0.717, 1.165) is 0 Å². The van der Waals surface area contributed by atoms with Gasteiger partial charge in [0.05, 0.1) is 6.54 Å². The van der Waals surface area contributed by atoms with Crippen LogP contribution < -0.4 is 21.3 Å². The monoisotopic (exact) mass is 342 g/mol. The Morgan fingerprint density at radius 3 is 1.96 bits per heavy atom. The second kappa shape index (κ2) is 10.6. The number of hydrogen-bond acceptors (Lipinski definition) is 4. The van der Waals surface area contributed by atoms with Gasteiger partial charge in [0.15, 0.2) is 0 Å². The van der Waals surface area contributed by atoms with Crippen molar-refractivity contribution in [2.45, 2.75) is 53.5 Å². The number of carbonyl (C=O) groups is 4. The molecule has 0 heterocycles. The summed E-state index contributed by atoms with van der Waals surface area (Å²) in [5.41, 5.74) is -0.584. The van der Waals surface area contributed by atoms with Crippen LogP contribution in [0.15, 0.2) is 0 Å². The third-order valence-electron chi connectivity index (χ3n) is 3.16. The van der Waals surface area contributed by atoms with E-state index >= 15 is 0 Å². The van der Waals surface area contributed by atoms with Crippen molar-refractivity contribution in [1.82, 2.24) is 21.3 Å². The Labute approximate surface area is 143 Å². The molecule has 138 valence electrons. The fourth-order valence-corrected chi connectivity index (χ4v) is 1.53. The van der Waals surface area contributed by atoms with Gasteiger partial charge < -0.3 is 21.3 Å². The summed E-state index contributed by atoms with van der Waals surface area (Å²) in [7, 11) is 0. The van der Waals surface area contributed by atoms with Crippen LogP contribution >= 0.6 is 0 Å². The zero-order chi connectivity index (χ0) is 18.8. The van der Waals surface area contributed by atoms with Crippen molar-refractivity contribution < 1.29 is 19.2 Å². The summed E-state index contributed by atoms with van der Waals surface area (Å²) in [5, 5.41) is 10.4. The molecule has 0 aliphatic carbocycles. The van der Waals surface area contributed by atoms with E-state index < -0.39 is 17.4 Å². The lowest BCUT2D eigenvalue weighted by molar-refractivity contribution is -0.133. The predicted octanol–water partition coefficient (Wildman–Crippen LogP) is -0.314. The third-order valence-corrected chi connectivity index (χ3v) is 3.16. The van der Waals surface area contributed by atoms with Crippen LogP contribution in [0, 0.1) is 5.41 Å². The molecule has 4 amide bonds. The Balaban J connectivity index is 3.91. The molecule has 0 aliphatic heterocycles. The Morgan fingerprint density at radius 2 is 1.46 bits per heavy atom. The molecule has 1 unspecified atom stereocenters. The maximum Gasteiger partial charge on any atom is 0.242 e. The summed E-state index contributed by atoms with van der Waals surface area (Å²) >= 11 is 0. The minimum Gasteiger partial charge on any atom is -0.356 e. The average Bonchev–Trinajstić information content (AvgIpc) is 2.50. The normalized spacial score (nSPS) is 12.0. The summed E-state index contributed by atoms with van der Waals surface area (Å²) < 4.78 is 0. The predicted molar refractivity (Wildman–Crippen MR) is 91.0 cm³/mol. The van der Waals surface area contributed by atoms with E-state index in [4.69, 9.17) is 0 Å². The Hall–Kier alpha value is -2.12. The number of nitrogens with one attached hydrogen (secondary N) is 4. The van der Waals surface area contributed by atoms with Gasteiger partial charge in [0.1, 0.15) is 6.04 Å². The molecular weight excluding hydrogens is 312 g/mol. The van der Waals surface area contributed by atoms with E-state index in [0.29, 0.717) is 25.9 Å². The zero-order valence-corrected chi connectivity index (χ0v) is 15.2. The first-order valence-corrected chi connectivity index (χ1v) is 8.20. The van der Waals surface area contributed by atoms with E-state index in [1.165, 1.54) is 0 Å². The molecule has 0 radical (unpaired) electrons. The highest BCUT2D eigenvalue weighted by Gasteiger charge is 2.25. The lowest BCUT2D eigenvalue weighted by atomic mass is 9.95. The highest BCUT2D eigenvalue weighted by atomic mass is 16.2. The average molecular weight is 342 g/mol. The van der Waals surface area contributed by atoms with Crippen molar-refractivity contribution in [3.63, 3.8) is 0 Å². The van der Waals surface area contributed by atoms with Crippen molar-refractivity contribution in [2.24, 2.45) is 5.41 Å². The molecule has 0 bridgehead atoms. The number of hydrogen-bond donors (Lipinski definition) is 4. The van der Waals surface area contributed by atoms with Gasteiger partial charge in [-0.2, -0.15) is 0 Å². The van der Waals surface area contributed by atoms with Gasteiger partial charge in [-0.25, -0.2) is 0 Å². The molecule has 0 saturated carbocycles. The van der Waals surface area contributed by atoms with Crippen molar-refractivity contribution in [1.29, 1.82) is 0 Å². The van der Waals surface area contributed by atoms with Crippen LogP contribution in [0.3, 0.4) is 0 Å². The molecule has 8 nitrogen and oxygen atoms in total. The minimum absolute atomic E-state index is 0.0279. The molecule has 0 saturated heterocycles. The lowest BCUT2D eigenvalue weighted by Gasteiger charge is -2.21. The van der Waals surface area contributed by atoms with Gasteiger partial charge in [-0.1, -0.05) is 27.7 Å².